The molecule has 1 aliphatic heterocycles. The first-order valence-electron chi connectivity index (χ1n) is 8.46. The molecule has 0 fully saturated rings. The van der Waals surface area contributed by atoms with Crippen LogP contribution in [-0.2, 0) is 38.6 Å². The first kappa shape index (κ1) is 18.6. The average molecular weight is 372 g/mol. The molecule has 0 radical (unpaired) electrons. The molecule has 0 unspecified atom stereocenters. The topological polar surface area (TPSA) is 125 Å². The monoisotopic (exact) mass is 372 g/mol. The minimum absolute atomic E-state index is 0.189. The lowest BCUT2D eigenvalue weighted by Gasteiger charge is -2.34. The molecule has 9 nitrogen and oxygen atoms in total. The van der Waals surface area contributed by atoms with E-state index in [1.54, 1.807) is 0 Å². The Bertz CT molecular complexity index is 820. The van der Waals surface area contributed by atoms with E-state index in [9.17, 15) is 14.4 Å². The zero-order valence-corrected chi connectivity index (χ0v) is 14.6. The van der Waals surface area contributed by atoms with Crippen LogP contribution in [0.5, 0.6) is 0 Å². The Balaban J connectivity index is 1.68. The number of nitrogens with zero attached hydrogens (tertiary/aromatic N) is 2. The van der Waals surface area contributed by atoms with Crippen molar-refractivity contribution in [1.82, 2.24) is 20.2 Å². The summed E-state index contributed by atoms with van der Waals surface area (Å²) in [5.41, 5.74) is 2.45. The van der Waals surface area contributed by atoms with E-state index in [1.807, 2.05) is 30.3 Å². The van der Waals surface area contributed by atoms with Gasteiger partial charge in [0.15, 0.2) is 0 Å². The summed E-state index contributed by atoms with van der Waals surface area (Å²) in [4.78, 5) is 44.3. The number of carboxylic acid groups (broad SMARTS) is 1. The van der Waals surface area contributed by atoms with E-state index in [4.69, 9.17) is 9.84 Å². The van der Waals surface area contributed by atoms with Gasteiger partial charge < -0.3 is 25.0 Å². The first-order chi connectivity index (χ1) is 13.0. The highest BCUT2D eigenvalue weighted by Crippen LogP contribution is 2.21. The maximum atomic E-state index is 12.7. The first-order valence-corrected chi connectivity index (χ1v) is 8.46. The van der Waals surface area contributed by atoms with Crippen LogP contribution in [0.25, 0.3) is 0 Å². The van der Waals surface area contributed by atoms with Crippen molar-refractivity contribution in [2.24, 2.45) is 0 Å². The van der Waals surface area contributed by atoms with Gasteiger partial charge in [0.05, 0.1) is 24.3 Å². The molecular weight excluding hydrogens is 352 g/mol. The summed E-state index contributed by atoms with van der Waals surface area (Å²) in [7, 11) is 0. The predicted molar refractivity (Wildman–Crippen MR) is 93.4 cm³/mol. The molecule has 0 saturated carbocycles. The molecule has 0 bridgehead atoms. The van der Waals surface area contributed by atoms with Crippen molar-refractivity contribution in [1.29, 1.82) is 0 Å². The lowest BCUT2D eigenvalue weighted by molar-refractivity contribution is -0.150. The number of imidazole rings is 1. The van der Waals surface area contributed by atoms with Crippen LogP contribution in [-0.4, -0.2) is 57.0 Å². The fourth-order valence-corrected chi connectivity index (χ4v) is 2.94. The molecule has 1 aliphatic rings. The van der Waals surface area contributed by atoms with Crippen molar-refractivity contribution in [3.63, 3.8) is 0 Å². The van der Waals surface area contributed by atoms with Crippen LogP contribution < -0.4 is 5.32 Å². The molecule has 1 atom stereocenters. The number of fused-ring (bicyclic) bond motifs is 1. The second kappa shape index (κ2) is 8.45. The summed E-state index contributed by atoms with van der Waals surface area (Å²) in [6.07, 6.45) is 1.81. The summed E-state index contributed by atoms with van der Waals surface area (Å²) in [5, 5.41) is 11.5. The number of carbonyl (C=O) groups excluding carboxylic acids is 2. The molecule has 2 aromatic rings. The van der Waals surface area contributed by atoms with Gasteiger partial charge in [0.1, 0.15) is 19.3 Å². The smallest absolute Gasteiger partial charge is 0.329 e. The van der Waals surface area contributed by atoms with Gasteiger partial charge in [-0.2, -0.15) is 0 Å². The molecule has 3 rings (SSSR count). The molecule has 3 N–H and O–H groups in total. The van der Waals surface area contributed by atoms with Gasteiger partial charge in [-0.25, -0.2) is 9.78 Å². The molecule has 27 heavy (non-hydrogen) atoms. The van der Waals surface area contributed by atoms with Crippen LogP contribution in [0, 0.1) is 0 Å². The number of aliphatic carboxylic acids is 1. The van der Waals surface area contributed by atoms with Gasteiger partial charge in [-0.3, -0.25) is 9.59 Å². The Morgan fingerprint density at radius 3 is 2.78 bits per heavy atom. The Kier molecular flexibility index (Phi) is 5.82. The van der Waals surface area contributed by atoms with E-state index < -0.39 is 31.1 Å². The highest BCUT2D eigenvalue weighted by molar-refractivity contribution is 5.88. The Labute approximate surface area is 155 Å². The number of aromatic nitrogens is 2. The summed E-state index contributed by atoms with van der Waals surface area (Å²) in [6.45, 7) is -0.437. The van der Waals surface area contributed by atoms with E-state index in [2.05, 4.69) is 15.3 Å². The molecule has 9 heteroatoms. The van der Waals surface area contributed by atoms with E-state index >= 15 is 0 Å². The molecule has 0 saturated heterocycles. The third-order valence-electron chi connectivity index (χ3n) is 4.28. The van der Waals surface area contributed by atoms with Crippen molar-refractivity contribution in [2.45, 2.75) is 25.6 Å². The fourth-order valence-electron chi connectivity index (χ4n) is 2.94. The summed E-state index contributed by atoms with van der Waals surface area (Å²) in [5.74, 6) is -1.90. The van der Waals surface area contributed by atoms with Gasteiger partial charge >= 0.3 is 5.97 Å². The van der Waals surface area contributed by atoms with Crippen LogP contribution in [0.1, 0.15) is 17.0 Å². The average Bonchev–Trinajstić information content (AvgIpc) is 3.13. The molecule has 0 spiro atoms. The van der Waals surface area contributed by atoms with Crippen LogP contribution >= 0.6 is 0 Å². The van der Waals surface area contributed by atoms with Gasteiger partial charge in [-0.15, -0.1) is 0 Å². The van der Waals surface area contributed by atoms with Gasteiger partial charge in [0, 0.05) is 13.0 Å². The SMILES string of the molecule is O=C(O)COCC(=O)N1Cc2[nH]cnc2C[C@H]1C(=O)NCc1ccccc1. The van der Waals surface area contributed by atoms with Crippen LogP contribution in [0.15, 0.2) is 36.7 Å². The summed E-state index contributed by atoms with van der Waals surface area (Å²) < 4.78 is 4.89. The van der Waals surface area contributed by atoms with E-state index in [1.165, 1.54) is 11.2 Å². The minimum Gasteiger partial charge on any atom is -0.480 e. The number of amides is 2. The van der Waals surface area contributed by atoms with Gasteiger partial charge in [0.25, 0.3) is 0 Å². The minimum atomic E-state index is -1.16. The second-order valence-corrected chi connectivity index (χ2v) is 6.16. The number of benzene rings is 1. The predicted octanol–water partition coefficient (Wildman–Crippen LogP) is 0.0806. The standard InChI is InChI=1S/C18H20N4O5/c23-16(9-27-10-17(24)25)22-8-14-13(20-11-21-14)6-15(22)18(26)19-7-12-4-2-1-3-5-12/h1-5,11,15H,6-10H2,(H,19,26)(H,20,21)(H,24,25)/t15-/m0/s1. The molecule has 2 amide bonds. The maximum Gasteiger partial charge on any atom is 0.329 e. The van der Waals surface area contributed by atoms with Crippen molar-refractivity contribution in [2.75, 3.05) is 13.2 Å². The summed E-state index contributed by atoms with van der Waals surface area (Å²) in [6, 6.07) is 8.72. The normalized spacial score (nSPS) is 15.9. The fraction of sp³-hybridized carbons (Fsp3) is 0.333. The maximum absolute atomic E-state index is 12.7. The number of hydrogen-bond donors (Lipinski definition) is 3. The van der Waals surface area contributed by atoms with Crippen LogP contribution in [0.2, 0.25) is 0 Å². The highest BCUT2D eigenvalue weighted by Gasteiger charge is 2.35. The number of carbonyl (C=O) groups is 3. The number of hydrogen-bond acceptors (Lipinski definition) is 5. The number of aromatic amines is 1. The Morgan fingerprint density at radius 2 is 2.04 bits per heavy atom. The molecular formula is C18H20N4O5. The second-order valence-electron chi connectivity index (χ2n) is 6.16. The van der Waals surface area contributed by atoms with Crippen molar-refractivity contribution in [3.8, 4) is 0 Å². The van der Waals surface area contributed by atoms with Crippen LogP contribution in [0.4, 0.5) is 0 Å². The highest BCUT2D eigenvalue weighted by atomic mass is 16.5. The van der Waals surface area contributed by atoms with E-state index in [0.29, 0.717) is 6.54 Å². The Morgan fingerprint density at radius 1 is 1.26 bits per heavy atom. The third kappa shape index (κ3) is 4.70. The number of ether oxygens (including phenoxy) is 1. The molecule has 1 aromatic carbocycles. The number of H-pyrrole nitrogens is 1. The number of rotatable bonds is 7. The van der Waals surface area contributed by atoms with Gasteiger partial charge in [-0.05, 0) is 5.56 Å². The zero-order valence-electron chi connectivity index (χ0n) is 14.6. The van der Waals surface area contributed by atoms with Crippen molar-refractivity contribution >= 4 is 17.8 Å². The summed E-state index contributed by atoms with van der Waals surface area (Å²) >= 11 is 0. The lowest BCUT2D eigenvalue weighted by Crippen LogP contribution is -2.53. The third-order valence-corrected chi connectivity index (χ3v) is 4.28. The van der Waals surface area contributed by atoms with E-state index in [-0.39, 0.29) is 18.9 Å². The van der Waals surface area contributed by atoms with Crippen LogP contribution in [0.3, 0.4) is 0 Å². The lowest BCUT2D eigenvalue weighted by atomic mass is 10.0. The van der Waals surface area contributed by atoms with Crippen molar-refractivity contribution < 1.29 is 24.2 Å². The van der Waals surface area contributed by atoms with Crippen molar-refractivity contribution in [3.05, 3.63) is 53.6 Å². The zero-order chi connectivity index (χ0) is 19.2. The Hall–Kier alpha value is -3.20. The van der Waals surface area contributed by atoms with Gasteiger partial charge in [0.2, 0.25) is 11.8 Å². The van der Waals surface area contributed by atoms with E-state index in [0.717, 1.165) is 17.0 Å². The number of carboxylic acids is 1. The van der Waals surface area contributed by atoms with Gasteiger partial charge in [-0.1, -0.05) is 30.3 Å². The number of nitrogens with one attached hydrogen (secondary N) is 2. The quantitative estimate of drug-likeness (QED) is 0.632. The molecule has 0 aliphatic carbocycles. The molecule has 1 aromatic heterocycles. The molecule has 2 heterocycles. The molecule has 142 valence electrons. The largest absolute Gasteiger partial charge is 0.480 e.